The zero-order chi connectivity index (χ0) is 13.7. The number of nitrogens with one attached hydrogen (secondary N) is 2. The maximum Gasteiger partial charge on any atom is 0.302 e. The quantitative estimate of drug-likeness (QED) is 0.569. The minimum Gasteiger partial charge on any atom is -0.463 e. The van der Waals surface area contributed by atoms with Crippen LogP contribution in [0.3, 0.4) is 0 Å². The number of piperazine rings is 1. The van der Waals surface area contributed by atoms with Crippen LogP contribution in [0.25, 0.3) is 0 Å². The Labute approximate surface area is 103 Å². The number of ether oxygens (including phenoxy) is 2. The third-order valence-corrected chi connectivity index (χ3v) is 2.17. The van der Waals surface area contributed by atoms with E-state index in [2.05, 4.69) is 20.1 Å². The Kier molecular flexibility index (Phi) is 4.64. The van der Waals surface area contributed by atoms with Crippen LogP contribution in [0.2, 0.25) is 0 Å². The molecule has 2 atom stereocenters. The zero-order valence-electron chi connectivity index (χ0n) is 10.0. The van der Waals surface area contributed by atoms with Crippen molar-refractivity contribution in [3.8, 4) is 0 Å². The lowest BCUT2D eigenvalue weighted by atomic mass is 10.1. The maximum atomic E-state index is 11.5. The van der Waals surface area contributed by atoms with Crippen LogP contribution < -0.4 is 10.6 Å². The maximum absolute atomic E-state index is 11.5. The molecule has 1 rings (SSSR count). The lowest BCUT2D eigenvalue weighted by Gasteiger charge is -2.28. The second-order valence-corrected chi connectivity index (χ2v) is 3.73. The molecule has 100 valence electrons. The molecule has 0 aromatic carbocycles. The van der Waals surface area contributed by atoms with Crippen LogP contribution in [0, 0.1) is 0 Å². The predicted molar refractivity (Wildman–Crippen MR) is 57.1 cm³/mol. The number of esters is 2. The molecule has 0 spiro atoms. The number of rotatable bonds is 4. The molecule has 0 radical (unpaired) electrons. The second-order valence-electron chi connectivity index (χ2n) is 3.73. The summed E-state index contributed by atoms with van der Waals surface area (Å²) in [6.45, 7) is 1.94. The van der Waals surface area contributed by atoms with Gasteiger partial charge in [-0.05, 0) is 0 Å². The van der Waals surface area contributed by atoms with Gasteiger partial charge in [0.15, 0.2) is 0 Å². The van der Waals surface area contributed by atoms with Gasteiger partial charge >= 0.3 is 11.9 Å². The summed E-state index contributed by atoms with van der Waals surface area (Å²) in [7, 11) is 0. The fourth-order valence-electron chi connectivity index (χ4n) is 1.31. The van der Waals surface area contributed by atoms with Crippen molar-refractivity contribution in [3.63, 3.8) is 0 Å². The molecule has 1 fully saturated rings. The number of hydrogen-bond acceptors (Lipinski definition) is 6. The van der Waals surface area contributed by atoms with E-state index in [9.17, 15) is 19.2 Å². The molecule has 0 unspecified atom stereocenters. The van der Waals surface area contributed by atoms with Crippen molar-refractivity contribution in [2.45, 2.75) is 25.9 Å². The van der Waals surface area contributed by atoms with E-state index in [4.69, 9.17) is 0 Å². The molecule has 1 aliphatic rings. The fourth-order valence-corrected chi connectivity index (χ4v) is 1.31. The number of carbonyl (C=O) groups excluding carboxylic acids is 4. The van der Waals surface area contributed by atoms with E-state index in [0.29, 0.717) is 0 Å². The Balaban J connectivity index is 2.48. The topological polar surface area (TPSA) is 111 Å². The Morgan fingerprint density at radius 3 is 1.56 bits per heavy atom. The van der Waals surface area contributed by atoms with E-state index in [1.807, 2.05) is 0 Å². The van der Waals surface area contributed by atoms with Crippen LogP contribution in [0.1, 0.15) is 13.8 Å². The molecule has 1 aliphatic heterocycles. The van der Waals surface area contributed by atoms with Crippen LogP contribution in [0.15, 0.2) is 0 Å². The SMILES string of the molecule is CC(=O)OC[C@@H]1NC(=O)[C@H](COC(C)=O)NC1=O. The molecule has 0 aromatic heterocycles. The highest BCUT2D eigenvalue weighted by molar-refractivity contribution is 5.97. The average Bonchev–Trinajstić information content (AvgIpc) is 2.27. The van der Waals surface area contributed by atoms with Gasteiger partial charge in [-0.3, -0.25) is 19.2 Å². The van der Waals surface area contributed by atoms with Crippen LogP contribution in [-0.2, 0) is 28.7 Å². The van der Waals surface area contributed by atoms with Gasteiger partial charge in [0.1, 0.15) is 25.3 Å². The monoisotopic (exact) mass is 258 g/mol. The largest absolute Gasteiger partial charge is 0.463 e. The summed E-state index contributed by atoms with van der Waals surface area (Å²) in [4.78, 5) is 44.3. The Bertz CT molecular complexity index is 345. The van der Waals surface area contributed by atoms with Crippen molar-refractivity contribution in [1.82, 2.24) is 10.6 Å². The van der Waals surface area contributed by atoms with Gasteiger partial charge in [-0.2, -0.15) is 0 Å². The third kappa shape index (κ3) is 4.04. The van der Waals surface area contributed by atoms with E-state index in [0.717, 1.165) is 0 Å². The molecule has 18 heavy (non-hydrogen) atoms. The molecule has 0 saturated carbocycles. The summed E-state index contributed by atoms with van der Waals surface area (Å²) in [6.07, 6.45) is 0. The molecule has 8 nitrogen and oxygen atoms in total. The Morgan fingerprint density at radius 1 is 0.944 bits per heavy atom. The van der Waals surface area contributed by atoms with Crippen LogP contribution in [0.4, 0.5) is 0 Å². The van der Waals surface area contributed by atoms with Gasteiger partial charge in [0, 0.05) is 13.8 Å². The average molecular weight is 258 g/mol. The summed E-state index contributed by atoms with van der Waals surface area (Å²) in [5, 5.41) is 4.75. The van der Waals surface area contributed by atoms with E-state index in [1.165, 1.54) is 13.8 Å². The van der Waals surface area contributed by atoms with Gasteiger partial charge in [0.05, 0.1) is 0 Å². The van der Waals surface area contributed by atoms with Crippen LogP contribution in [-0.4, -0.2) is 49.1 Å². The number of amides is 2. The Hall–Kier alpha value is -2.12. The lowest BCUT2D eigenvalue weighted by molar-refractivity contribution is -0.150. The third-order valence-electron chi connectivity index (χ3n) is 2.17. The summed E-state index contributed by atoms with van der Waals surface area (Å²) in [5.74, 6) is -2.07. The lowest BCUT2D eigenvalue weighted by Crippen LogP contribution is -2.64. The summed E-state index contributed by atoms with van der Waals surface area (Å²) < 4.78 is 9.27. The van der Waals surface area contributed by atoms with Gasteiger partial charge < -0.3 is 20.1 Å². The van der Waals surface area contributed by atoms with E-state index in [-0.39, 0.29) is 13.2 Å². The molecule has 8 heteroatoms. The van der Waals surface area contributed by atoms with E-state index >= 15 is 0 Å². The van der Waals surface area contributed by atoms with Gasteiger partial charge in [0.2, 0.25) is 11.8 Å². The van der Waals surface area contributed by atoms with Gasteiger partial charge in [-0.1, -0.05) is 0 Å². The van der Waals surface area contributed by atoms with Crippen molar-refractivity contribution in [1.29, 1.82) is 0 Å². The normalized spacial score (nSPS) is 22.8. The van der Waals surface area contributed by atoms with Gasteiger partial charge in [-0.25, -0.2) is 0 Å². The molecule has 2 N–H and O–H groups in total. The molecule has 2 amide bonds. The highest BCUT2D eigenvalue weighted by Crippen LogP contribution is 1.99. The van der Waals surface area contributed by atoms with E-state index in [1.54, 1.807) is 0 Å². The van der Waals surface area contributed by atoms with E-state index < -0.39 is 35.8 Å². The summed E-state index contributed by atoms with van der Waals surface area (Å²) in [5.41, 5.74) is 0. The zero-order valence-corrected chi connectivity index (χ0v) is 10.0. The smallest absolute Gasteiger partial charge is 0.302 e. The highest BCUT2D eigenvalue weighted by Gasteiger charge is 2.34. The first-order valence-corrected chi connectivity index (χ1v) is 5.27. The molecule has 0 aromatic rings. The second kappa shape index (κ2) is 5.99. The number of carbonyl (C=O) groups is 4. The van der Waals surface area contributed by atoms with Crippen molar-refractivity contribution in [3.05, 3.63) is 0 Å². The molecular formula is C10H14N2O6. The Morgan fingerprint density at radius 2 is 1.28 bits per heavy atom. The highest BCUT2D eigenvalue weighted by atomic mass is 16.5. The molecule has 0 bridgehead atoms. The first-order valence-electron chi connectivity index (χ1n) is 5.27. The van der Waals surface area contributed by atoms with Crippen LogP contribution >= 0.6 is 0 Å². The summed E-state index contributed by atoms with van der Waals surface area (Å²) >= 11 is 0. The van der Waals surface area contributed by atoms with Crippen molar-refractivity contribution in [2.24, 2.45) is 0 Å². The standard InChI is InChI=1S/C10H14N2O6/c1-5(13)17-3-7-9(15)12-8(10(16)11-7)4-18-6(2)14/h7-8H,3-4H2,1-2H3,(H,11,16)(H,12,15)/t7-,8-/m0/s1. The van der Waals surface area contributed by atoms with Crippen LogP contribution in [0.5, 0.6) is 0 Å². The predicted octanol–water partition coefficient (Wildman–Crippen LogP) is -1.90. The van der Waals surface area contributed by atoms with Crippen molar-refractivity contribution in [2.75, 3.05) is 13.2 Å². The first-order chi connectivity index (χ1) is 8.40. The van der Waals surface area contributed by atoms with Gasteiger partial charge in [-0.15, -0.1) is 0 Å². The molecular weight excluding hydrogens is 244 g/mol. The van der Waals surface area contributed by atoms with Gasteiger partial charge in [0.25, 0.3) is 0 Å². The minimum atomic E-state index is -0.921. The fraction of sp³-hybridized carbons (Fsp3) is 0.600. The molecule has 1 saturated heterocycles. The van der Waals surface area contributed by atoms with Crippen molar-refractivity contribution < 1.29 is 28.7 Å². The summed E-state index contributed by atoms with van der Waals surface area (Å²) in [6, 6.07) is -1.84. The molecule has 0 aliphatic carbocycles. The minimum absolute atomic E-state index is 0.229. The first kappa shape index (κ1) is 13.9. The van der Waals surface area contributed by atoms with Crippen molar-refractivity contribution >= 4 is 23.8 Å². The molecule has 1 heterocycles. The number of hydrogen-bond donors (Lipinski definition) is 2.